The van der Waals surface area contributed by atoms with E-state index in [0.29, 0.717) is 39.0 Å². The molecule has 1 aliphatic heterocycles. The Hall–Kier alpha value is -3.17. The molecule has 0 saturated carbocycles. The Bertz CT molecular complexity index is 1550. The predicted octanol–water partition coefficient (Wildman–Crippen LogP) is 4.28. The Morgan fingerprint density at radius 3 is 2.44 bits per heavy atom. The summed E-state index contributed by atoms with van der Waals surface area (Å²) in [7, 11) is 0. The monoisotopic (exact) mass is 537 g/mol. The first kappa shape index (κ1) is 22.6. The number of thiazole rings is 1. The Kier molecular flexibility index (Phi) is 5.49. The number of halogens is 1. The van der Waals surface area contributed by atoms with E-state index < -0.39 is 11.0 Å². The van der Waals surface area contributed by atoms with E-state index in [1.54, 1.807) is 16.7 Å². The number of non-ortho nitro benzene ring substituents is 1. The van der Waals surface area contributed by atoms with Crippen molar-refractivity contribution in [1.29, 1.82) is 0 Å². The van der Waals surface area contributed by atoms with Crippen LogP contribution in [0.2, 0.25) is 0 Å². The van der Waals surface area contributed by atoms with E-state index in [1.807, 2.05) is 44.2 Å². The third-order valence-electron chi connectivity index (χ3n) is 6.08. The van der Waals surface area contributed by atoms with Crippen molar-refractivity contribution < 1.29 is 9.72 Å². The van der Waals surface area contributed by atoms with Gasteiger partial charge in [0.1, 0.15) is 0 Å². The lowest BCUT2D eigenvalue weighted by molar-refractivity contribution is -0.384. The first-order valence-corrected chi connectivity index (χ1v) is 12.3. The summed E-state index contributed by atoms with van der Waals surface area (Å²) in [4.78, 5) is 42.9. The summed E-state index contributed by atoms with van der Waals surface area (Å²) in [6.45, 7) is 4.07. The van der Waals surface area contributed by atoms with Crippen molar-refractivity contribution in [3.05, 3.63) is 105 Å². The number of ketones is 1. The molecule has 0 radical (unpaired) electrons. The lowest BCUT2D eigenvalue weighted by Gasteiger charge is -2.35. The molecule has 0 spiro atoms. The average molecular weight is 538 g/mol. The van der Waals surface area contributed by atoms with Gasteiger partial charge < -0.3 is 0 Å². The molecule has 0 amide bonds. The second-order valence-electron chi connectivity index (χ2n) is 9.28. The minimum atomic E-state index is -0.664. The molecule has 2 heterocycles. The molecule has 1 aliphatic carbocycles. The highest BCUT2D eigenvalue weighted by Crippen LogP contribution is 2.43. The van der Waals surface area contributed by atoms with Crippen molar-refractivity contribution in [1.82, 2.24) is 4.57 Å². The highest BCUT2D eigenvalue weighted by Gasteiger charge is 2.40. The molecule has 1 unspecified atom stereocenters. The minimum Gasteiger partial charge on any atom is -0.294 e. The maximum absolute atomic E-state index is 13.6. The van der Waals surface area contributed by atoms with Crippen LogP contribution in [-0.2, 0) is 4.79 Å². The number of Topliss-reactive ketones (excluding diaryl/α,β-unsaturated/α-hetero) is 1. The Labute approximate surface area is 207 Å². The van der Waals surface area contributed by atoms with Crippen LogP contribution >= 0.6 is 27.3 Å². The maximum atomic E-state index is 13.6. The van der Waals surface area contributed by atoms with Crippen LogP contribution in [0, 0.1) is 15.5 Å². The smallest absolute Gasteiger partial charge is 0.271 e. The third-order valence-corrected chi connectivity index (χ3v) is 7.59. The lowest BCUT2D eigenvalue weighted by atomic mass is 9.73. The summed E-state index contributed by atoms with van der Waals surface area (Å²) in [5, 5.41) is 11.2. The van der Waals surface area contributed by atoms with Gasteiger partial charge in [0.2, 0.25) is 0 Å². The van der Waals surface area contributed by atoms with Gasteiger partial charge in [-0.2, -0.15) is 0 Å². The average Bonchev–Trinajstić information content (AvgIpc) is 3.08. The number of carbonyl (C=O) groups is 1. The Morgan fingerprint density at radius 1 is 1.12 bits per heavy atom. The highest BCUT2D eigenvalue weighted by molar-refractivity contribution is 9.10. The van der Waals surface area contributed by atoms with E-state index in [1.165, 1.54) is 23.5 Å². The standard InChI is InChI=1S/C25H20BrN3O4S/c1-25(2)12-18-21(19(30)13-25)22(15-5-9-17(10-6-15)29(32)33)28-23(31)20(34-24(28)27-18)11-14-3-7-16(26)8-4-14/h3-11,22H,12-13H2,1-2H3. The number of hydrogen-bond donors (Lipinski definition) is 0. The van der Waals surface area contributed by atoms with Crippen LogP contribution in [0.15, 0.2) is 74.1 Å². The fourth-order valence-electron chi connectivity index (χ4n) is 4.55. The van der Waals surface area contributed by atoms with Gasteiger partial charge in [-0.05, 0) is 53.3 Å². The van der Waals surface area contributed by atoms with Crippen molar-refractivity contribution in [3.63, 3.8) is 0 Å². The van der Waals surface area contributed by atoms with Gasteiger partial charge in [-0.25, -0.2) is 4.99 Å². The molecule has 1 aromatic heterocycles. The largest absolute Gasteiger partial charge is 0.294 e. The van der Waals surface area contributed by atoms with Gasteiger partial charge in [-0.15, -0.1) is 0 Å². The van der Waals surface area contributed by atoms with Crippen LogP contribution in [0.4, 0.5) is 5.69 Å². The molecule has 34 heavy (non-hydrogen) atoms. The van der Waals surface area contributed by atoms with Crippen molar-refractivity contribution in [2.75, 3.05) is 0 Å². The summed E-state index contributed by atoms with van der Waals surface area (Å²) in [5.74, 6) is -0.0412. The molecule has 7 nitrogen and oxygen atoms in total. The molecular weight excluding hydrogens is 518 g/mol. The van der Waals surface area contributed by atoms with E-state index in [9.17, 15) is 19.7 Å². The van der Waals surface area contributed by atoms with Gasteiger partial charge in [-0.1, -0.05) is 53.2 Å². The second-order valence-corrected chi connectivity index (χ2v) is 11.2. The molecule has 5 rings (SSSR count). The Balaban J connectivity index is 1.74. The van der Waals surface area contributed by atoms with Gasteiger partial charge in [0.15, 0.2) is 10.6 Å². The van der Waals surface area contributed by atoms with Crippen molar-refractivity contribution in [2.45, 2.75) is 32.7 Å². The van der Waals surface area contributed by atoms with E-state index in [0.717, 1.165) is 10.0 Å². The first-order valence-electron chi connectivity index (χ1n) is 10.7. The maximum Gasteiger partial charge on any atom is 0.271 e. The van der Waals surface area contributed by atoms with Crippen LogP contribution in [0.1, 0.15) is 43.9 Å². The van der Waals surface area contributed by atoms with E-state index in [-0.39, 0.29) is 22.4 Å². The number of aromatic nitrogens is 1. The minimum absolute atomic E-state index is 0.0412. The van der Waals surface area contributed by atoms with E-state index in [4.69, 9.17) is 4.99 Å². The Morgan fingerprint density at radius 2 is 1.79 bits per heavy atom. The number of rotatable bonds is 3. The number of benzene rings is 2. The number of carbonyl (C=O) groups excluding carboxylic acids is 1. The molecule has 3 aromatic rings. The zero-order valence-corrected chi connectivity index (χ0v) is 20.9. The number of nitro groups is 1. The second kappa shape index (κ2) is 8.25. The van der Waals surface area contributed by atoms with Gasteiger partial charge in [0.25, 0.3) is 11.2 Å². The third kappa shape index (κ3) is 3.99. The molecule has 0 fully saturated rings. The number of fused-ring (bicyclic) bond motifs is 1. The van der Waals surface area contributed by atoms with Gasteiger partial charge in [0, 0.05) is 28.6 Å². The topological polar surface area (TPSA) is 94.6 Å². The molecule has 172 valence electrons. The van der Waals surface area contributed by atoms with Gasteiger partial charge in [0.05, 0.1) is 21.2 Å². The van der Waals surface area contributed by atoms with Gasteiger partial charge >= 0.3 is 0 Å². The number of hydrogen-bond acceptors (Lipinski definition) is 6. The summed E-state index contributed by atoms with van der Waals surface area (Å²) in [5.41, 5.74) is 2.22. The molecule has 0 N–H and O–H groups in total. The lowest BCUT2D eigenvalue weighted by Crippen LogP contribution is -2.42. The molecular formula is C25H20BrN3O4S. The molecule has 2 aromatic carbocycles. The number of nitrogens with zero attached hydrogens (tertiary/aromatic N) is 3. The SMILES string of the molecule is CC1(C)CC(=O)C2=C(C1)N=c1sc(=Cc3ccc(Br)cc3)c(=O)n1C2c1ccc([N+](=O)[O-])cc1. The number of allylic oxidation sites excluding steroid dienone is 2. The number of nitro benzene ring substituents is 1. The zero-order chi connectivity index (χ0) is 24.2. The first-order chi connectivity index (χ1) is 16.1. The molecule has 0 saturated heterocycles. The molecule has 9 heteroatoms. The summed E-state index contributed by atoms with van der Waals surface area (Å²) < 4.78 is 3.02. The highest BCUT2D eigenvalue weighted by atomic mass is 79.9. The quantitative estimate of drug-likeness (QED) is 0.368. The fraction of sp³-hybridized carbons (Fsp3) is 0.240. The summed E-state index contributed by atoms with van der Waals surface area (Å²) in [6.07, 6.45) is 2.80. The van der Waals surface area contributed by atoms with Crippen molar-refractivity contribution in [2.24, 2.45) is 10.4 Å². The molecule has 2 aliphatic rings. The van der Waals surface area contributed by atoms with Gasteiger partial charge in [-0.3, -0.25) is 24.3 Å². The fourth-order valence-corrected chi connectivity index (χ4v) is 5.84. The van der Waals surface area contributed by atoms with Crippen LogP contribution in [-0.4, -0.2) is 15.3 Å². The van der Waals surface area contributed by atoms with Crippen LogP contribution in [0.3, 0.4) is 0 Å². The summed E-state index contributed by atoms with van der Waals surface area (Å²) >= 11 is 4.70. The normalized spacial score (nSPS) is 19.4. The van der Waals surface area contributed by atoms with E-state index >= 15 is 0 Å². The summed E-state index contributed by atoms with van der Waals surface area (Å²) in [6, 6.07) is 13.0. The molecule has 1 atom stereocenters. The van der Waals surface area contributed by atoms with Crippen molar-refractivity contribution in [3.8, 4) is 0 Å². The van der Waals surface area contributed by atoms with E-state index in [2.05, 4.69) is 15.9 Å². The zero-order valence-electron chi connectivity index (χ0n) is 18.4. The van der Waals surface area contributed by atoms with Crippen LogP contribution in [0.25, 0.3) is 6.08 Å². The van der Waals surface area contributed by atoms with Crippen LogP contribution < -0.4 is 14.9 Å². The molecule has 0 bridgehead atoms. The van der Waals surface area contributed by atoms with Crippen molar-refractivity contribution >= 4 is 44.8 Å². The predicted molar refractivity (Wildman–Crippen MR) is 133 cm³/mol. The van der Waals surface area contributed by atoms with Crippen LogP contribution in [0.5, 0.6) is 0 Å².